The molecule has 0 spiro atoms. The van der Waals surface area contributed by atoms with Gasteiger partial charge in [0.2, 0.25) is 0 Å². The molecule has 0 aromatic carbocycles. The van der Waals surface area contributed by atoms with Gasteiger partial charge in [0.1, 0.15) is 26.4 Å². The Kier molecular flexibility index (Phi) is 52.8. The predicted molar refractivity (Wildman–Crippen MR) is 452 cm³/mol. The number of alkyl halides is 18. The van der Waals surface area contributed by atoms with E-state index in [0.29, 0.717) is 24.4 Å². The Bertz CT molecular complexity index is 3210. The molecular formula is C75H124F18O19Si9. The van der Waals surface area contributed by atoms with Gasteiger partial charge in [-0.1, -0.05) is 94.1 Å². The smallest absolute Gasteiger partial charge is 0.462 e. The van der Waals surface area contributed by atoms with Gasteiger partial charge in [-0.25, -0.2) is 28.8 Å². The minimum atomic E-state index is -7.22. The van der Waals surface area contributed by atoms with Crippen molar-refractivity contribution in [3.8, 4) is 0 Å². The van der Waals surface area contributed by atoms with Crippen molar-refractivity contribution in [2.75, 3.05) is 66.1 Å². The zero-order chi connectivity index (χ0) is 96.9. The van der Waals surface area contributed by atoms with Gasteiger partial charge in [0.25, 0.3) is 0 Å². The van der Waals surface area contributed by atoms with E-state index in [-0.39, 0.29) is 98.5 Å². The second-order valence-electron chi connectivity index (χ2n) is 32.0. The van der Waals surface area contributed by atoms with Crippen molar-refractivity contribution in [1.82, 2.24) is 0 Å². The molecule has 0 saturated heterocycles. The lowest BCUT2D eigenvalue weighted by Gasteiger charge is -2.34. The van der Waals surface area contributed by atoms with Crippen LogP contribution in [-0.4, -0.2) is 225 Å². The second kappa shape index (κ2) is 51.7. The summed E-state index contributed by atoms with van der Waals surface area (Å²) in [6.07, 6.45) is -14.7. The molecule has 121 heavy (non-hydrogen) atoms. The lowest BCUT2D eigenvalue weighted by atomic mass is 10.0. The van der Waals surface area contributed by atoms with Crippen molar-refractivity contribution in [2.45, 2.75) is 225 Å². The average molecular weight is 1920 g/mol. The summed E-state index contributed by atoms with van der Waals surface area (Å²) in [6.45, 7) is 74.9. The molecule has 0 rings (SSSR count). The molecule has 0 unspecified atom stereocenters. The number of allylic oxidation sites excluding steroid dienone is 2. The number of hydrogen-bond donors (Lipinski definition) is 0. The number of halogens is 18. The number of hydrogen-bond acceptors (Lipinski definition) is 19. The fraction of sp³-hybridized carbons (Fsp3) is 0.600. The molecule has 0 N–H and O–H groups in total. The number of carbonyl (C=O) groups is 6. The summed E-state index contributed by atoms with van der Waals surface area (Å²) in [5.41, 5.74) is 11.2. The molecule has 0 saturated carbocycles. The van der Waals surface area contributed by atoms with Crippen LogP contribution in [-0.2, 0) is 87.2 Å². The molecular weight excluding hydrogens is 1800 g/mol. The van der Waals surface area contributed by atoms with Gasteiger partial charge in [-0.05, 0) is 157 Å². The van der Waals surface area contributed by atoms with E-state index in [1.165, 1.54) is 33.4 Å². The van der Waals surface area contributed by atoms with Crippen LogP contribution in [0.4, 0.5) is 79.0 Å². The van der Waals surface area contributed by atoms with Crippen molar-refractivity contribution in [1.29, 1.82) is 0 Å². The third kappa shape index (κ3) is 49.6. The van der Waals surface area contributed by atoms with Crippen molar-refractivity contribution in [3.63, 3.8) is 0 Å². The van der Waals surface area contributed by atoms with E-state index in [0.717, 1.165) is 51.1 Å². The highest BCUT2D eigenvalue weighted by molar-refractivity contribution is 6.99. The van der Waals surface area contributed by atoms with E-state index in [2.05, 4.69) is 156 Å². The maximum Gasteiger partial charge on any atom is 0.680 e. The largest absolute Gasteiger partial charge is 0.680 e. The first-order chi connectivity index (χ1) is 53.9. The maximum absolute atomic E-state index is 13.6. The number of esters is 6. The van der Waals surface area contributed by atoms with E-state index < -0.39 is 159 Å². The van der Waals surface area contributed by atoms with Crippen molar-refractivity contribution in [2.24, 2.45) is 0 Å². The van der Waals surface area contributed by atoms with Crippen molar-refractivity contribution >= 4 is 111 Å². The highest BCUT2D eigenvalue weighted by atomic mass is 28.4. The second-order valence-corrected chi connectivity index (χ2v) is 69.2. The van der Waals surface area contributed by atoms with E-state index in [4.69, 9.17) is 58.5 Å². The van der Waals surface area contributed by atoms with E-state index in [1.807, 2.05) is 11.4 Å². The molecule has 0 atom stereocenters. The Balaban J connectivity index is -0.000000498. The standard InChI is InChI=1S/C24H36O12Si.C18H34O5Si2.C16H16F18OSi2.C9H20Si2.C8H18OSi2/c1-17(2)21(25)29-9-13-33-37(34-14-10-30-22(26)18(3)4,35-15-11-31-23(27)19(5)6)36-16-12-32-24(28)20(7)8;1-15(2)17(19)21-11-9-13-24(5,6)23-25(7,8)14-10-12-22-18(20)16(3)4;1-36(2,7-5-9(17,18)11(21,22)13(25,26)15(29,30)31)35-37(3,4)8-6-10(19,20)12(23,24)14(27,28)16(32,33)34;2*1-7-10(3,4)9-11(5,6)8-2/h1,3,5,7,9-16H2,2,4,6,8H3;1,3,9-14H2,2,4-8H3;5-8H,1-4H3;7-8H,1-2,9H2,3-6H3;7-8H,1-2H2,3-6H3/b;;7-5+,8-6+;;. The fourth-order valence-corrected chi connectivity index (χ4v) is 43.2. The summed E-state index contributed by atoms with van der Waals surface area (Å²) in [4.78, 5) is 69.2. The Labute approximate surface area is 710 Å². The van der Waals surface area contributed by atoms with Gasteiger partial charge >= 0.3 is 92.8 Å². The van der Waals surface area contributed by atoms with Crippen LogP contribution in [0.5, 0.6) is 0 Å². The number of rotatable bonds is 50. The molecule has 700 valence electrons. The Hall–Kier alpha value is -5.89. The van der Waals surface area contributed by atoms with Gasteiger partial charge in [-0.15, -0.1) is 37.7 Å². The van der Waals surface area contributed by atoms with Gasteiger partial charge in [0, 0.05) is 33.4 Å². The van der Waals surface area contributed by atoms with Gasteiger partial charge in [0.15, 0.2) is 49.9 Å². The first kappa shape index (κ1) is 124. The van der Waals surface area contributed by atoms with Crippen LogP contribution in [0, 0.1) is 0 Å². The summed E-state index contributed by atoms with van der Waals surface area (Å²) >= 11 is 0. The Morgan fingerprint density at radius 2 is 0.496 bits per heavy atom. The first-order valence-electron chi connectivity index (χ1n) is 36.9. The summed E-state index contributed by atoms with van der Waals surface area (Å²) in [5, 5.41) is 0. The van der Waals surface area contributed by atoms with Crippen LogP contribution in [0.3, 0.4) is 0 Å². The molecule has 0 fully saturated rings. The van der Waals surface area contributed by atoms with Crippen LogP contribution in [0.25, 0.3) is 0 Å². The summed E-state index contributed by atoms with van der Waals surface area (Å²) in [5.74, 6) is -44.0. The maximum atomic E-state index is 13.6. The minimum absolute atomic E-state index is 0.0689. The molecule has 0 aromatic rings. The van der Waals surface area contributed by atoms with Gasteiger partial charge in [-0.3, -0.25) is 0 Å². The molecule has 0 aliphatic carbocycles. The molecule has 0 bridgehead atoms. The summed E-state index contributed by atoms with van der Waals surface area (Å²) < 4.78 is 303. The Morgan fingerprint density at radius 3 is 0.686 bits per heavy atom. The van der Waals surface area contributed by atoms with Crippen LogP contribution in [0.1, 0.15) is 54.4 Å². The molecule has 0 aromatic heterocycles. The highest BCUT2D eigenvalue weighted by Crippen LogP contribution is 2.55. The molecule has 0 amide bonds. The molecule has 19 nitrogen and oxygen atoms in total. The van der Waals surface area contributed by atoms with Crippen molar-refractivity contribution in [3.05, 3.63) is 146 Å². The summed E-state index contributed by atoms with van der Waals surface area (Å²) in [6, 6.07) is 1.88. The average Bonchev–Trinajstić information content (AvgIpc) is 0.748. The number of carbonyl (C=O) groups excluding carboxylic acids is 6. The van der Waals surface area contributed by atoms with Gasteiger partial charge in [-0.2, -0.15) is 79.0 Å². The predicted octanol–water partition coefficient (Wildman–Crippen LogP) is 21.2. The fourth-order valence-electron chi connectivity index (χ4n) is 8.79. The van der Waals surface area contributed by atoms with Crippen LogP contribution < -0.4 is 0 Å². The van der Waals surface area contributed by atoms with Gasteiger partial charge in [0.05, 0.1) is 55.8 Å². The zero-order valence-corrected chi connectivity index (χ0v) is 82.4. The van der Waals surface area contributed by atoms with E-state index in [1.54, 1.807) is 13.8 Å². The topological polar surface area (TPSA) is 222 Å². The van der Waals surface area contributed by atoms with E-state index in [9.17, 15) is 108 Å². The molecule has 0 aliphatic rings. The van der Waals surface area contributed by atoms with Crippen LogP contribution >= 0.6 is 0 Å². The van der Waals surface area contributed by atoms with Crippen LogP contribution in [0.2, 0.25) is 123 Å². The Morgan fingerprint density at radius 1 is 0.289 bits per heavy atom. The quantitative estimate of drug-likeness (QED) is 0.0138. The molecule has 0 aliphatic heterocycles. The molecule has 0 heterocycles. The third-order valence-corrected chi connectivity index (χ3v) is 46.7. The lowest BCUT2D eigenvalue weighted by Crippen LogP contribution is -2.60. The van der Waals surface area contributed by atoms with Crippen molar-refractivity contribution < 1.29 is 166 Å². The monoisotopic (exact) mass is 1920 g/mol. The third-order valence-electron chi connectivity index (χ3n) is 15.1. The molecule has 0 radical (unpaired) electrons. The normalized spacial score (nSPS) is 13.2. The zero-order valence-electron chi connectivity index (χ0n) is 73.4. The SMILES string of the molecule is C=C(C)C(=O)OCCC[Si](C)(C)O[Si](C)(C)CCCOC(=O)C(=C)C.C=C(C)C(=O)OCCO[Si](OCCOC(=O)C(=C)C)(OCCOC(=O)C(=C)C)OCCOC(=O)C(=C)C.C=C[Si](C)(C)C[Si](C)(C)C=C.C=C[Si](C)(C)O[Si](C)(C)C=C.C[Si](C)(/C=C/C(F)(F)C(F)(F)C(F)(F)C(F)(F)F)O[Si](C)(C)/C=C/C(F)(F)C(F)(F)C(F)(F)C(F)(F)F. The molecule has 46 heteroatoms. The summed E-state index contributed by atoms with van der Waals surface area (Å²) in [7, 11) is -21.2. The van der Waals surface area contributed by atoms with Gasteiger partial charge < -0.3 is 58.5 Å². The van der Waals surface area contributed by atoms with E-state index >= 15 is 0 Å². The lowest BCUT2D eigenvalue weighted by molar-refractivity contribution is -0.388. The highest BCUT2D eigenvalue weighted by Gasteiger charge is 2.82. The van der Waals surface area contributed by atoms with Crippen LogP contribution in [0.15, 0.2) is 146 Å². The number of ether oxygens (including phenoxy) is 6. The minimum Gasteiger partial charge on any atom is -0.462 e. The first-order valence-corrected chi connectivity index (χ1v) is 63.3.